The van der Waals surface area contributed by atoms with Crippen LogP contribution in [0.3, 0.4) is 0 Å². The zero-order valence-electron chi connectivity index (χ0n) is 32.4. The van der Waals surface area contributed by atoms with Gasteiger partial charge in [-0.15, -0.1) is 0 Å². The topological polar surface area (TPSA) is 104 Å². The van der Waals surface area contributed by atoms with Gasteiger partial charge in [0.05, 0.1) is 17.9 Å². The molecule has 0 bridgehead atoms. The van der Waals surface area contributed by atoms with Gasteiger partial charge in [-0.2, -0.15) is 8.42 Å². The lowest BCUT2D eigenvalue weighted by atomic mass is 10.0. The Morgan fingerprint density at radius 3 is 1.39 bits per heavy atom. The summed E-state index contributed by atoms with van der Waals surface area (Å²) < 4.78 is 32.5. The predicted octanol–water partition coefficient (Wildman–Crippen LogP) is 12.0. The van der Waals surface area contributed by atoms with Crippen molar-refractivity contribution in [3.8, 4) is 0 Å². The largest absolute Gasteiger partial charge is 0.387 e. The molecular weight excluding hydrogens is 655 g/mol. The second-order valence-electron chi connectivity index (χ2n) is 13.5. The highest BCUT2D eigenvalue weighted by Gasteiger charge is 2.24. The summed E-state index contributed by atoms with van der Waals surface area (Å²) in [5.74, 6) is -1.04. The smallest absolute Gasteiger partial charge is 0.267 e. The van der Waals surface area contributed by atoms with E-state index in [4.69, 9.17) is 0 Å². The van der Waals surface area contributed by atoms with E-state index in [-0.39, 0.29) is 12.3 Å². The summed E-state index contributed by atoms with van der Waals surface area (Å²) in [6.07, 6.45) is 54.2. The third kappa shape index (κ3) is 38.6. The van der Waals surface area contributed by atoms with E-state index in [1.165, 1.54) is 70.6 Å². The number of amides is 1. The van der Waals surface area contributed by atoms with Crippen LogP contribution in [0, 0.1) is 0 Å². The van der Waals surface area contributed by atoms with Crippen molar-refractivity contribution in [3.05, 3.63) is 85.1 Å². The molecule has 1 amide bonds. The summed E-state index contributed by atoms with van der Waals surface area (Å²) in [7, 11) is -4.36. The van der Waals surface area contributed by atoms with Gasteiger partial charge in [0, 0.05) is 6.42 Å². The molecule has 0 aliphatic carbocycles. The Morgan fingerprint density at radius 2 is 0.941 bits per heavy atom. The van der Waals surface area contributed by atoms with Crippen LogP contribution < -0.4 is 5.32 Å². The Morgan fingerprint density at radius 1 is 0.549 bits per heavy atom. The molecule has 0 aromatic heterocycles. The van der Waals surface area contributed by atoms with Gasteiger partial charge in [-0.05, 0) is 70.6 Å². The summed E-state index contributed by atoms with van der Waals surface area (Å²) in [4.78, 5) is 12.5. The maximum absolute atomic E-state index is 12.5. The van der Waals surface area contributed by atoms with Gasteiger partial charge in [-0.3, -0.25) is 9.35 Å². The average molecular weight is 730 g/mol. The molecule has 0 fully saturated rings. The average Bonchev–Trinajstić information content (AvgIpc) is 3.09. The summed E-state index contributed by atoms with van der Waals surface area (Å²) in [5.41, 5.74) is 0. The molecule has 0 radical (unpaired) electrons. The molecule has 0 spiro atoms. The monoisotopic (exact) mass is 730 g/mol. The van der Waals surface area contributed by atoms with Gasteiger partial charge in [-0.1, -0.05) is 176 Å². The van der Waals surface area contributed by atoms with Crippen molar-refractivity contribution in [1.82, 2.24) is 5.32 Å². The highest BCUT2D eigenvalue weighted by atomic mass is 32.2. The summed E-state index contributed by atoms with van der Waals surface area (Å²) in [6, 6.07) is -1.08. The van der Waals surface area contributed by atoms with Crippen LogP contribution in [0.15, 0.2) is 85.1 Å². The summed E-state index contributed by atoms with van der Waals surface area (Å²) >= 11 is 0. The van der Waals surface area contributed by atoms with Crippen LogP contribution in [0.1, 0.15) is 168 Å². The quantitative estimate of drug-likeness (QED) is 0.0342. The van der Waals surface area contributed by atoms with Crippen molar-refractivity contribution in [1.29, 1.82) is 0 Å². The lowest BCUT2D eigenvalue weighted by molar-refractivity contribution is -0.122. The van der Waals surface area contributed by atoms with Crippen LogP contribution in [0.2, 0.25) is 0 Å². The van der Waals surface area contributed by atoms with E-state index in [2.05, 4.69) is 92.1 Å². The van der Waals surface area contributed by atoms with Gasteiger partial charge in [0.15, 0.2) is 0 Å². The minimum Gasteiger partial charge on any atom is -0.387 e. The van der Waals surface area contributed by atoms with Gasteiger partial charge in [0.25, 0.3) is 10.1 Å². The summed E-state index contributed by atoms with van der Waals surface area (Å²) in [5, 5.41) is 13.2. The Balaban J connectivity index is 4.07. The van der Waals surface area contributed by atoms with Gasteiger partial charge in [0.2, 0.25) is 5.91 Å². The van der Waals surface area contributed by atoms with E-state index in [0.29, 0.717) is 6.42 Å². The molecule has 292 valence electrons. The molecule has 0 saturated heterocycles. The maximum atomic E-state index is 12.5. The number of unbranched alkanes of at least 4 members (excludes halogenated alkanes) is 15. The first-order valence-corrected chi connectivity index (χ1v) is 21.9. The van der Waals surface area contributed by atoms with E-state index in [0.717, 1.165) is 70.6 Å². The van der Waals surface area contributed by atoms with Crippen molar-refractivity contribution >= 4 is 16.0 Å². The number of hydrogen-bond acceptors (Lipinski definition) is 4. The van der Waals surface area contributed by atoms with Gasteiger partial charge >= 0.3 is 0 Å². The molecule has 0 aliphatic rings. The minimum atomic E-state index is -4.36. The summed E-state index contributed by atoms with van der Waals surface area (Å²) in [6.45, 7) is 4.40. The zero-order valence-corrected chi connectivity index (χ0v) is 33.3. The lowest BCUT2D eigenvalue weighted by Crippen LogP contribution is -2.46. The van der Waals surface area contributed by atoms with Crippen LogP contribution in [-0.2, 0) is 14.9 Å². The first-order valence-electron chi connectivity index (χ1n) is 20.3. The second-order valence-corrected chi connectivity index (χ2v) is 15.0. The molecular formula is C44H75NO5S. The maximum Gasteiger partial charge on any atom is 0.267 e. The van der Waals surface area contributed by atoms with E-state index in [9.17, 15) is 22.9 Å². The first-order chi connectivity index (χ1) is 24.8. The molecule has 0 aromatic carbocycles. The zero-order chi connectivity index (χ0) is 37.5. The molecule has 0 saturated carbocycles. The SMILES string of the molecule is CC/C=C\C/C=C\C/C=C\C/C=C\C/C=C\C/C=C\CCCCC(=O)NC(CS(=O)(=O)O)C(O)/C=C/CCCCCCCCCCCCCCC. The second kappa shape index (κ2) is 37.3. The number of rotatable bonds is 35. The van der Waals surface area contributed by atoms with Crippen molar-refractivity contribution in [3.63, 3.8) is 0 Å². The number of nitrogens with one attached hydrogen (secondary N) is 1. The molecule has 7 heteroatoms. The normalized spacial score (nSPS) is 14.2. The van der Waals surface area contributed by atoms with E-state index in [1.807, 2.05) is 6.08 Å². The molecule has 51 heavy (non-hydrogen) atoms. The van der Waals surface area contributed by atoms with Crippen molar-refractivity contribution in [2.75, 3.05) is 5.75 Å². The third-order valence-corrected chi connectivity index (χ3v) is 9.36. The van der Waals surface area contributed by atoms with Crippen molar-refractivity contribution in [2.45, 2.75) is 180 Å². The van der Waals surface area contributed by atoms with E-state index < -0.39 is 28.0 Å². The highest BCUT2D eigenvalue weighted by molar-refractivity contribution is 7.85. The Hall–Kier alpha value is -2.48. The fourth-order valence-corrected chi connectivity index (χ4v) is 6.30. The fraction of sp³-hybridized carbons (Fsp3) is 0.659. The number of allylic oxidation sites excluding steroid dienone is 13. The number of hydrogen-bond donors (Lipinski definition) is 3. The number of aliphatic hydroxyl groups is 1. The first kappa shape index (κ1) is 48.5. The van der Waals surface area contributed by atoms with E-state index in [1.54, 1.807) is 6.08 Å². The van der Waals surface area contributed by atoms with Crippen LogP contribution >= 0.6 is 0 Å². The fourth-order valence-electron chi connectivity index (χ4n) is 5.57. The van der Waals surface area contributed by atoms with Crippen molar-refractivity contribution < 1.29 is 22.9 Å². The van der Waals surface area contributed by atoms with Crippen molar-refractivity contribution in [2.24, 2.45) is 0 Å². The molecule has 0 rings (SSSR count). The van der Waals surface area contributed by atoms with Gasteiger partial charge < -0.3 is 10.4 Å². The lowest BCUT2D eigenvalue weighted by Gasteiger charge is -2.21. The minimum absolute atomic E-state index is 0.236. The molecule has 2 unspecified atom stereocenters. The number of aliphatic hydroxyl groups excluding tert-OH is 1. The standard InChI is InChI=1S/C44H75NO5S/c1-3-5-7-9-11-13-15-17-19-20-21-22-23-24-26-28-30-32-34-36-38-40-44(47)45-42(41-51(48,49)50)43(46)39-37-35-33-31-29-27-25-18-16-14-12-10-8-6-4-2/h5,7,11,13,17,19,21-22,24,26,30,32,37,39,42-43,46H,3-4,6,8-10,12,14-16,18,20,23,25,27-29,31,33-36,38,40-41H2,1-2H3,(H,45,47)(H,48,49,50)/b7-5-,13-11-,19-17-,22-21-,26-24-,32-30-,39-37+. The molecule has 0 aromatic rings. The van der Waals surface area contributed by atoms with Crippen LogP contribution in [0.5, 0.6) is 0 Å². The molecule has 3 N–H and O–H groups in total. The van der Waals surface area contributed by atoms with Gasteiger partial charge in [0.1, 0.15) is 0 Å². The highest BCUT2D eigenvalue weighted by Crippen LogP contribution is 2.13. The van der Waals surface area contributed by atoms with E-state index >= 15 is 0 Å². The van der Waals surface area contributed by atoms with Gasteiger partial charge in [-0.25, -0.2) is 0 Å². The Kier molecular flexibility index (Phi) is 35.5. The molecule has 0 aliphatic heterocycles. The van der Waals surface area contributed by atoms with Crippen LogP contribution in [0.4, 0.5) is 0 Å². The Labute approximate surface area is 314 Å². The Bertz CT molecular complexity index is 1120. The number of carbonyl (C=O) groups is 1. The number of carbonyl (C=O) groups excluding carboxylic acids is 1. The predicted molar refractivity (Wildman–Crippen MR) is 220 cm³/mol. The molecule has 2 atom stereocenters. The van der Waals surface area contributed by atoms with Crippen LogP contribution in [-0.4, -0.2) is 41.9 Å². The van der Waals surface area contributed by atoms with Crippen LogP contribution in [0.25, 0.3) is 0 Å². The third-order valence-electron chi connectivity index (χ3n) is 8.58. The molecule has 0 heterocycles. The molecule has 6 nitrogen and oxygen atoms in total.